The van der Waals surface area contributed by atoms with E-state index in [0.29, 0.717) is 18.2 Å². The number of benzene rings is 1. The van der Waals surface area contributed by atoms with Crippen molar-refractivity contribution in [3.8, 4) is 0 Å². The SMILES string of the molecule is NNc1cc(C(F)(F)F)ccc1C(F)(F)F.O=S(=O)(O)O. The lowest BCUT2D eigenvalue weighted by molar-refractivity contribution is -0.140. The van der Waals surface area contributed by atoms with Gasteiger partial charge >= 0.3 is 22.8 Å². The number of nitrogens with one attached hydrogen (secondary N) is 1. The van der Waals surface area contributed by atoms with Gasteiger partial charge in [-0.05, 0) is 18.2 Å². The fraction of sp³-hybridized carbons (Fsp3) is 0.250. The molecule has 0 aliphatic rings. The highest BCUT2D eigenvalue weighted by Gasteiger charge is 2.36. The molecule has 0 bridgehead atoms. The molecule has 0 saturated heterocycles. The quantitative estimate of drug-likeness (QED) is 0.270. The van der Waals surface area contributed by atoms with Crippen LogP contribution in [0.3, 0.4) is 0 Å². The molecule has 0 saturated carbocycles. The second-order valence-corrected chi connectivity index (χ2v) is 4.24. The molecule has 0 aromatic heterocycles. The molecule has 0 aliphatic carbocycles. The van der Waals surface area contributed by atoms with E-state index < -0.39 is 39.6 Å². The van der Waals surface area contributed by atoms with E-state index >= 15 is 0 Å². The van der Waals surface area contributed by atoms with Crippen LogP contribution in [0.4, 0.5) is 32.0 Å². The number of hydrogen-bond acceptors (Lipinski definition) is 4. The summed E-state index contributed by atoms with van der Waals surface area (Å²) in [5.41, 5.74) is -1.67. The van der Waals surface area contributed by atoms with Crippen LogP contribution in [0.2, 0.25) is 0 Å². The average Bonchev–Trinajstić information content (AvgIpc) is 2.23. The van der Waals surface area contributed by atoms with Crippen LogP contribution < -0.4 is 11.3 Å². The first-order valence-electron chi connectivity index (χ1n) is 4.61. The molecular weight excluding hydrogens is 334 g/mol. The maximum Gasteiger partial charge on any atom is 0.418 e. The zero-order valence-corrected chi connectivity index (χ0v) is 10.5. The molecule has 21 heavy (non-hydrogen) atoms. The van der Waals surface area contributed by atoms with E-state index in [1.807, 2.05) is 0 Å². The number of alkyl halides is 6. The second-order valence-electron chi connectivity index (χ2n) is 3.35. The van der Waals surface area contributed by atoms with Crippen LogP contribution in [-0.4, -0.2) is 17.5 Å². The average molecular weight is 342 g/mol. The number of halogens is 6. The molecule has 1 rings (SSSR count). The van der Waals surface area contributed by atoms with Crippen molar-refractivity contribution in [3.05, 3.63) is 29.3 Å². The van der Waals surface area contributed by atoms with Crippen molar-refractivity contribution >= 4 is 16.1 Å². The third-order valence-corrected chi connectivity index (χ3v) is 1.81. The maximum absolute atomic E-state index is 12.3. The van der Waals surface area contributed by atoms with Gasteiger partial charge in [-0.25, -0.2) is 0 Å². The summed E-state index contributed by atoms with van der Waals surface area (Å²) in [6, 6.07) is 0.991. The smallest absolute Gasteiger partial charge is 0.324 e. The third kappa shape index (κ3) is 7.69. The minimum absolute atomic E-state index is 0.308. The highest BCUT2D eigenvalue weighted by atomic mass is 32.3. The molecular formula is C8H8F6N2O4S. The molecule has 1 aromatic carbocycles. The van der Waals surface area contributed by atoms with Crippen molar-refractivity contribution in [1.82, 2.24) is 0 Å². The molecule has 0 heterocycles. The fourth-order valence-electron chi connectivity index (χ4n) is 1.09. The number of rotatable bonds is 1. The fourth-order valence-corrected chi connectivity index (χ4v) is 1.09. The second kappa shape index (κ2) is 6.46. The number of anilines is 1. The van der Waals surface area contributed by atoms with E-state index in [-0.39, 0.29) is 0 Å². The van der Waals surface area contributed by atoms with E-state index in [1.165, 1.54) is 0 Å². The molecule has 0 radical (unpaired) electrons. The van der Waals surface area contributed by atoms with Crippen LogP contribution >= 0.6 is 0 Å². The Kier molecular flexibility index (Phi) is 5.98. The van der Waals surface area contributed by atoms with Gasteiger partial charge in [0.05, 0.1) is 16.8 Å². The normalized spacial score (nSPS) is 12.4. The zero-order chi connectivity index (χ0) is 17.1. The lowest BCUT2D eigenvalue weighted by atomic mass is 10.1. The molecule has 5 N–H and O–H groups in total. The van der Waals surface area contributed by atoms with Gasteiger partial charge in [0.2, 0.25) is 0 Å². The van der Waals surface area contributed by atoms with Gasteiger partial charge in [-0.2, -0.15) is 34.8 Å². The van der Waals surface area contributed by atoms with E-state index in [0.717, 1.165) is 0 Å². The van der Waals surface area contributed by atoms with Crippen LogP contribution in [0, 0.1) is 0 Å². The van der Waals surface area contributed by atoms with E-state index in [4.69, 9.17) is 23.4 Å². The Bertz CT molecular complexity index is 575. The van der Waals surface area contributed by atoms with Crippen LogP contribution in [0.1, 0.15) is 11.1 Å². The summed E-state index contributed by atoms with van der Waals surface area (Å²) in [4.78, 5) is 0. The van der Waals surface area contributed by atoms with Crippen LogP contribution in [-0.2, 0) is 22.8 Å². The largest absolute Gasteiger partial charge is 0.418 e. The van der Waals surface area contributed by atoms with Crippen molar-refractivity contribution in [1.29, 1.82) is 0 Å². The van der Waals surface area contributed by atoms with Crippen LogP contribution in [0.15, 0.2) is 18.2 Å². The standard InChI is InChI=1S/C8H6F6N2.H2O4S/c9-7(10,11)4-1-2-5(8(12,13)14)6(3-4)16-15;1-5(2,3)4/h1-3,16H,15H2;(H2,1,2,3,4). The van der Waals surface area contributed by atoms with Crippen molar-refractivity contribution in [2.45, 2.75) is 12.4 Å². The Balaban J connectivity index is 0.000000690. The number of hydrazine groups is 1. The minimum Gasteiger partial charge on any atom is -0.324 e. The summed E-state index contributed by atoms with van der Waals surface area (Å²) >= 11 is 0. The van der Waals surface area contributed by atoms with E-state index in [9.17, 15) is 26.3 Å². The number of hydrogen-bond donors (Lipinski definition) is 4. The Morgan fingerprint density at radius 1 is 1.00 bits per heavy atom. The lowest BCUT2D eigenvalue weighted by Gasteiger charge is -2.14. The molecule has 6 nitrogen and oxygen atoms in total. The molecule has 122 valence electrons. The Hall–Kier alpha value is -1.57. The summed E-state index contributed by atoms with van der Waals surface area (Å²) in [6.45, 7) is 0. The van der Waals surface area contributed by atoms with Gasteiger partial charge in [0.1, 0.15) is 0 Å². The monoisotopic (exact) mass is 342 g/mol. The van der Waals surface area contributed by atoms with Gasteiger partial charge < -0.3 is 5.43 Å². The first-order valence-corrected chi connectivity index (χ1v) is 6.01. The maximum atomic E-state index is 12.3. The summed E-state index contributed by atoms with van der Waals surface area (Å²) < 4.78 is 105. The van der Waals surface area contributed by atoms with Gasteiger partial charge in [0.25, 0.3) is 0 Å². The Morgan fingerprint density at radius 2 is 1.43 bits per heavy atom. The molecule has 0 spiro atoms. The predicted molar refractivity (Wildman–Crippen MR) is 58.4 cm³/mol. The number of nitrogens with two attached hydrogens (primary N) is 1. The predicted octanol–water partition coefficient (Wildman–Crippen LogP) is 2.36. The molecule has 0 unspecified atom stereocenters. The van der Waals surface area contributed by atoms with Gasteiger partial charge in [-0.3, -0.25) is 14.9 Å². The van der Waals surface area contributed by atoms with Crippen molar-refractivity contribution in [3.63, 3.8) is 0 Å². The minimum atomic E-state index is -4.76. The highest BCUT2D eigenvalue weighted by molar-refractivity contribution is 7.79. The molecule has 0 atom stereocenters. The zero-order valence-electron chi connectivity index (χ0n) is 9.70. The van der Waals surface area contributed by atoms with Crippen molar-refractivity contribution in [2.24, 2.45) is 5.84 Å². The highest BCUT2D eigenvalue weighted by Crippen LogP contribution is 2.38. The molecule has 0 aliphatic heterocycles. The summed E-state index contributed by atoms with van der Waals surface area (Å²) in [7, 11) is -4.67. The van der Waals surface area contributed by atoms with E-state index in [1.54, 1.807) is 5.43 Å². The van der Waals surface area contributed by atoms with Crippen LogP contribution in [0.5, 0.6) is 0 Å². The van der Waals surface area contributed by atoms with Gasteiger partial charge in [-0.1, -0.05) is 0 Å². The van der Waals surface area contributed by atoms with Gasteiger partial charge in [0, 0.05) is 0 Å². The molecule has 0 amide bonds. The molecule has 13 heteroatoms. The van der Waals surface area contributed by atoms with Gasteiger partial charge in [0.15, 0.2) is 0 Å². The summed E-state index contributed by atoms with van der Waals surface area (Å²) in [5.74, 6) is 4.74. The molecule has 0 fully saturated rings. The first kappa shape index (κ1) is 19.4. The Morgan fingerprint density at radius 3 is 1.71 bits per heavy atom. The Labute approximate surface area is 114 Å². The molecule has 1 aromatic rings. The lowest BCUT2D eigenvalue weighted by Crippen LogP contribution is -2.16. The summed E-state index contributed by atoms with van der Waals surface area (Å²) in [6.07, 6.45) is -9.47. The third-order valence-electron chi connectivity index (χ3n) is 1.81. The number of nitrogen functional groups attached to an aromatic ring is 1. The topological polar surface area (TPSA) is 113 Å². The van der Waals surface area contributed by atoms with E-state index in [2.05, 4.69) is 0 Å². The van der Waals surface area contributed by atoms with Crippen LogP contribution in [0.25, 0.3) is 0 Å². The first-order chi connectivity index (χ1) is 9.16. The van der Waals surface area contributed by atoms with Crippen molar-refractivity contribution in [2.75, 3.05) is 5.43 Å². The summed E-state index contributed by atoms with van der Waals surface area (Å²) in [5, 5.41) is 0. The van der Waals surface area contributed by atoms with Gasteiger partial charge in [-0.15, -0.1) is 0 Å². The van der Waals surface area contributed by atoms with Crippen molar-refractivity contribution < 1.29 is 43.9 Å².